The summed E-state index contributed by atoms with van der Waals surface area (Å²) in [7, 11) is 0. The quantitative estimate of drug-likeness (QED) is 0.704. The van der Waals surface area contributed by atoms with Gasteiger partial charge in [-0.2, -0.15) is 0 Å². The Morgan fingerprint density at radius 1 is 1.04 bits per heavy atom. The first-order chi connectivity index (χ1) is 13.1. The maximum atomic E-state index is 12.1. The second kappa shape index (κ2) is 9.22. The molecule has 5 nitrogen and oxygen atoms in total. The lowest BCUT2D eigenvalue weighted by atomic mass is 10.00. The zero-order valence-corrected chi connectivity index (χ0v) is 16.7. The van der Waals surface area contributed by atoms with Crippen LogP contribution in [-0.2, 0) is 16.0 Å². The van der Waals surface area contributed by atoms with E-state index in [4.69, 9.17) is 9.84 Å². The number of carboxylic acids is 1. The zero-order valence-electron chi connectivity index (χ0n) is 16.7. The molecule has 0 saturated carbocycles. The van der Waals surface area contributed by atoms with Crippen LogP contribution in [0.4, 0.5) is 4.79 Å². The van der Waals surface area contributed by atoms with Crippen molar-refractivity contribution in [2.75, 3.05) is 0 Å². The maximum absolute atomic E-state index is 12.1. The van der Waals surface area contributed by atoms with Crippen molar-refractivity contribution >= 4 is 12.1 Å². The highest BCUT2D eigenvalue weighted by molar-refractivity contribution is 5.86. The largest absolute Gasteiger partial charge is 0.478 e. The van der Waals surface area contributed by atoms with Gasteiger partial charge < -0.3 is 15.2 Å². The van der Waals surface area contributed by atoms with E-state index in [2.05, 4.69) is 5.32 Å². The van der Waals surface area contributed by atoms with Crippen LogP contribution in [0, 0.1) is 0 Å². The summed E-state index contributed by atoms with van der Waals surface area (Å²) in [5, 5.41) is 11.9. The van der Waals surface area contributed by atoms with E-state index in [1.54, 1.807) is 20.8 Å². The fraction of sp³-hybridized carbons (Fsp3) is 0.304. The molecule has 0 aliphatic rings. The molecule has 148 valence electrons. The molecule has 0 aliphatic carbocycles. The van der Waals surface area contributed by atoms with Gasteiger partial charge in [0.1, 0.15) is 5.60 Å². The third-order valence-corrected chi connectivity index (χ3v) is 4.01. The van der Waals surface area contributed by atoms with Gasteiger partial charge in [0.2, 0.25) is 0 Å². The molecule has 0 aliphatic heterocycles. The van der Waals surface area contributed by atoms with Crippen LogP contribution in [0.15, 0.2) is 66.2 Å². The highest BCUT2D eigenvalue weighted by Crippen LogP contribution is 2.20. The molecule has 0 bridgehead atoms. The Morgan fingerprint density at radius 2 is 1.61 bits per heavy atom. The van der Waals surface area contributed by atoms with Crippen molar-refractivity contribution in [2.45, 2.75) is 45.8 Å². The normalized spacial score (nSPS) is 12.9. The van der Waals surface area contributed by atoms with E-state index in [0.717, 1.165) is 16.7 Å². The second-order valence-electron chi connectivity index (χ2n) is 7.67. The highest BCUT2D eigenvalue weighted by atomic mass is 16.6. The van der Waals surface area contributed by atoms with E-state index >= 15 is 0 Å². The number of aliphatic carboxylic acids is 1. The lowest BCUT2D eigenvalue weighted by molar-refractivity contribution is -0.132. The Balaban J connectivity index is 2.16. The summed E-state index contributed by atoms with van der Waals surface area (Å²) < 4.78 is 5.30. The number of nitrogens with one attached hydrogen (secondary N) is 1. The zero-order chi connectivity index (χ0) is 20.7. The molecule has 0 aromatic heterocycles. The monoisotopic (exact) mass is 381 g/mol. The molecule has 1 atom stereocenters. The first-order valence-electron chi connectivity index (χ1n) is 9.19. The minimum absolute atomic E-state index is 0.168. The SMILES string of the molecule is CC(=C[C@H](Cc1ccc(-c2ccccc2)cc1)NC(=O)OC(C)(C)C)C(=O)O. The first kappa shape index (κ1) is 21.2. The predicted octanol–water partition coefficient (Wildman–Crippen LogP) is 4.82. The number of benzene rings is 2. The van der Waals surface area contributed by atoms with Crippen LogP contribution in [0.5, 0.6) is 0 Å². The van der Waals surface area contributed by atoms with E-state index in [9.17, 15) is 9.59 Å². The van der Waals surface area contributed by atoms with Crippen molar-refractivity contribution in [1.29, 1.82) is 0 Å². The van der Waals surface area contributed by atoms with Crippen molar-refractivity contribution in [3.8, 4) is 11.1 Å². The van der Waals surface area contributed by atoms with Gasteiger partial charge in [0.05, 0.1) is 6.04 Å². The number of alkyl carbamates (subject to hydrolysis) is 1. The Morgan fingerprint density at radius 3 is 2.14 bits per heavy atom. The topological polar surface area (TPSA) is 75.6 Å². The molecule has 2 aromatic carbocycles. The molecule has 0 fully saturated rings. The van der Waals surface area contributed by atoms with Gasteiger partial charge in [-0.25, -0.2) is 9.59 Å². The van der Waals surface area contributed by atoms with Gasteiger partial charge in [-0.1, -0.05) is 60.7 Å². The summed E-state index contributed by atoms with van der Waals surface area (Å²) in [6.45, 7) is 6.84. The minimum Gasteiger partial charge on any atom is -0.478 e. The fourth-order valence-electron chi connectivity index (χ4n) is 2.70. The standard InChI is InChI=1S/C23H27NO4/c1-16(21(25)26)14-20(24-22(27)28-23(2,3)4)15-17-10-12-19(13-11-17)18-8-6-5-7-9-18/h5-14,20H,15H2,1-4H3,(H,24,27)(H,25,26)/t20-/m1/s1. The van der Waals surface area contributed by atoms with Gasteiger partial charge >= 0.3 is 12.1 Å². The van der Waals surface area contributed by atoms with Crippen LogP contribution >= 0.6 is 0 Å². The van der Waals surface area contributed by atoms with Gasteiger partial charge in [-0.15, -0.1) is 0 Å². The molecule has 0 radical (unpaired) electrons. The molecule has 28 heavy (non-hydrogen) atoms. The number of carbonyl (C=O) groups is 2. The predicted molar refractivity (Wildman–Crippen MR) is 110 cm³/mol. The van der Waals surface area contributed by atoms with Crippen LogP contribution in [0.1, 0.15) is 33.3 Å². The number of amides is 1. The van der Waals surface area contributed by atoms with Gasteiger partial charge in [-0.3, -0.25) is 0 Å². The Hall–Kier alpha value is -3.08. The van der Waals surface area contributed by atoms with Crippen LogP contribution in [0.2, 0.25) is 0 Å². The molecule has 0 unspecified atom stereocenters. The van der Waals surface area contributed by atoms with Crippen molar-refractivity contribution in [1.82, 2.24) is 5.32 Å². The molecule has 2 aromatic rings. The van der Waals surface area contributed by atoms with Crippen LogP contribution in [-0.4, -0.2) is 28.8 Å². The highest BCUT2D eigenvalue weighted by Gasteiger charge is 2.19. The van der Waals surface area contributed by atoms with Gasteiger partial charge in [-0.05, 0) is 50.8 Å². The number of rotatable bonds is 6. The average molecular weight is 381 g/mol. The van der Waals surface area contributed by atoms with E-state index in [1.165, 1.54) is 13.0 Å². The summed E-state index contributed by atoms with van der Waals surface area (Å²) in [6, 6.07) is 17.5. The molecule has 5 heteroatoms. The molecular formula is C23H27NO4. The molecule has 0 heterocycles. The molecule has 1 amide bonds. The number of ether oxygens (including phenoxy) is 1. The van der Waals surface area contributed by atoms with Gasteiger partial charge in [0, 0.05) is 5.57 Å². The molecule has 2 rings (SSSR count). The lowest BCUT2D eigenvalue weighted by Crippen LogP contribution is -2.39. The molecule has 2 N–H and O–H groups in total. The Labute approximate surface area is 166 Å². The Bertz CT molecular complexity index is 833. The van der Waals surface area contributed by atoms with Crippen molar-refractivity contribution in [3.63, 3.8) is 0 Å². The number of hydrogen-bond acceptors (Lipinski definition) is 3. The summed E-state index contributed by atoms with van der Waals surface area (Å²) in [5.41, 5.74) is 2.74. The van der Waals surface area contributed by atoms with Gasteiger partial charge in [0.25, 0.3) is 0 Å². The second-order valence-corrected chi connectivity index (χ2v) is 7.67. The smallest absolute Gasteiger partial charge is 0.408 e. The summed E-state index contributed by atoms with van der Waals surface area (Å²) in [5.74, 6) is -1.02. The molecule has 0 spiro atoms. The third-order valence-electron chi connectivity index (χ3n) is 4.01. The van der Waals surface area contributed by atoms with Gasteiger partial charge in [0.15, 0.2) is 0 Å². The maximum Gasteiger partial charge on any atom is 0.408 e. The van der Waals surface area contributed by atoms with E-state index in [1.807, 2.05) is 54.6 Å². The van der Waals surface area contributed by atoms with Crippen molar-refractivity contribution in [2.24, 2.45) is 0 Å². The van der Waals surface area contributed by atoms with Crippen LogP contribution in [0.3, 0.4) is 0 Å². The summed E-state index contributed by atoms with van der Waals surface area (Å²) in [4.78, 5) is 23.3. The first-order valence-corrected chi connectivity index (χ1v) is 9.19. The molecular weight excluding hydrogens is 354 g/mol. The number of carboxylic acid groups (broad SMARTS) is 1. The lowest BCUT2D eigenvalue weighted by Gasteiger charge is -2.22. The van der Waals surface area contributed by atoms with Crippen molar-refractivity contribution in [3.05, 3.63) is 71.8 Å². The van der Waals surface area contributed by atoms with Crippen LogP contribution in [0.25, 0.3) is 11.1 Å². The minimum atomic E-state index is -1.02. The summed E-state index contributed by atoms with van der Waals surface area (Å²) in [6.07, 6.45) is 1.42. The van der Waals surface area contributed by atoms with Crippen molar-refractivity contribution < 1.29 is 19.4 Å². The number of carbonyl (C=O) groups excluding carboxylic acids is 1. The fourth-order valence-corrected chi connectivity index (χ4v) is 2.70. The van der Waals surface area contributed by atoms with E-state index in [-0.39, 0.29) is 5.57 Å². The number of hydrogen-bond donors (Lipinski definition) is 2. The van der Waals surface area contributed by atoms with E-state index in [0.29, 0.717) is 6.42 Å². The average Bonchev–Trinajstić information content (AvgIpc) is 2.61. The summed E-state index contributed by atoms with van der Waals surface area (Å²) >= 11 is 0. The Kier molecular flexibility index (Phi) is 6.99. The third kappa shape index (κ3) is 6.91. The molecule has 0 saturated heterocycles. The van der Waals surface area contributed by atoms with E-state index < -0.39 is 23.7 Å². The van der Waals surface area contributed by atoms with Crippen LogP contribution < -0.4 is 5.32 Å².